The van der Waals surface area contributed by atoms with Gasteiger partial charge in [-0.1, -0.05) is 11.6 Å². The van der Waals surface area contributed by atoms with Gasteiger partial charge in [0.2, 0.25) is 0 Å². The molecule has 0 radical (unpaired) electrons. The van der Waals surface area contributed by atoms with Gasteiger partial charge in [-0.15, -0.1) is 10.2 Å². The van der Waals surface area contributed by atoms with Crippen molar-refractivity contribution in [3.63, 3.8) is 0 Å². The Kier molecular flexibility index (Phi) is 4.00. The van der Waals surface area contributed by atoms with Crippen LogP contribution in [0.3, 0.4) is 0 Å². The van der Waals surface area contributed by atoms with Crippen LogP contribution in [0, 0.1) is 11.8 Å². The van der Waals surface area contributed by atoms with Gasteiger partial charge in [0.05, 0.1) is 25.9 Å². The van der Waals surface area contributed by atoms with Crippen molar-refractivity contribution < 1.29 is 12.2 Å². The summed E-state index contributed by atoms with van der Waals surface area (Å²) in [5.74, 6) is 1.74. The second kappa shape index (κ2) is 6.89. The van der Waals surface area contributed by atoms with Gasteiger partial charge in [-0.25, -0.2) is 0 Å². The number of rotatable bonds is 4. The van der Waals surface area contributed by atoms with E-state index >= 15 is 0 Å². The molecule has 6 nitrogen and oxygen atoms in total. The van der Waals surface area contributed by atoms with Gasteiger partial charge >= 0.3 is 0 Å². The topological polar surface area (TPSA) is 59.5 Å². The van der Waals surface area contributed by atoms with Crippen LogP contribution >= 0.6 is 11.6 Å². The first kappa shape index (κ1) is 13.4. The predicted octanol–water partition coefficient (Wildman–Crippen LogP) is 1.67. The molecule has 2 unspecified atom stereocenters. The molecule has 1 saturated carbocycles. The van der Waals surface area contributed by atoms with E-state index in [1.165, 1.54) is 0 Å². The third-order valence-electron chi connectivity index (χ3n) is 4.88. The molecule has 1 aromatic rings. The molecule has 3 aliphatic rings. The third-order valence-corrected chi connectivity index (χ3v) is 5.08. The van der Waals surface area contributed by atoms with Crippen LogP contribution in [-0.4, -0.2) is 66.7 Å². The second-order valence-electron chi connectivity index (χ2n) is 6.54. The van der Waals surface area contributed by atoms with Crippen molar-refractivity contribution >= 4 is 17.4 Å². The van der Waals surface area contributed by atoms with Crippen molar-refractivity contribution in [2.45, 2.75) is 25.0 Å². The normalized spacial score (nSPS) is 36.4. The van der Waals surface area contributed by atoms with Crippen molar-refractivity contribution in [2.75, 3.05) is 44.7 Å². The van der Waals surface area contributed by atoms with Crippen molar-refractivity contribution in [1.82, 2.24) is 15.1 Å². The lowest BCUT2D eigenvalue weighted by Gasteiger charge is -2.28. The van der Waals surface area contributed by atoms with Crippen LogP contribution in [0.25, 0.3) is 0 Å². The second-order valence-corrected chi connectivity index (χ2v) is 6.93. The highest BCUT2D eigenvalue weighted by molar-refractivity contribution is 6.29. The van der Waals surface area contributed by atoms with Crippen LogP contribution in [-0.2, 0) is 9.47 Å². The van der Waals surface area contributed by atoms with Crippen molar-refractivity contribution in [1.29, 1.82) is 0 Å². The summed E-state index contributed by atoms with van der Waals surface area (Å²) >= 11 is 5.77. The average molecular weight is 341 g/mol. The molecule has 0 bridgehead atoms. The van der Waals surface area contributed by atoms with Crippen LogP contribution in [0.15, 0.2) is 12.1 Å². The molecule has 126 valence electrons. The summed E-state index contributed by atoms with van der Waals surface area (Å²) in [5.41, 5.74) is 0. The van der Waals surface area contributed by atoms with Gasteiger partial charge in [-0.05, 0) is 36.8 Å². The maximum absolute atomic E-state index is 8.49. The number of nitrogens with one attached hydrogen (secondary N) is 1. The molecule has 23 heavy (non-hydrogen) atoms. The number of aromatic nitrogens is 2. The van der Waals surface area contributed by atoms with E-state index in [2.05, 4.69) is 15.5 Å². The van der Waals surface area contributed by atoms with E-state index in [9.17, 15) is 0 Å². The molecular weight excluding hydrogens is 316 g/mol. The number of anilines is 1. The fourth-order valence-corrected chi connectivity index (χ4v) is 3.99. The number of nitrogens with zero attached hydrogens (tertiary/aromatic N) is 3. The maximum atomic E-state index is 8.49. The van der Waals surface area contributed by atoms with Crippen LogP contribution in [0.2, 0.25) is 5.15 Å². The van der Waals surface area contributed by atoms with E-state index < -0.39 is 12.6 Å². The zero-order valence-electron chi connectivity index (χ0n) is 14.9. The molecule has 1 aromatic heterocycles. The minimum Gasteiger partial charge on any atom is -0.376 e. The van der Waals surface area contributed by atoms with Crippen LogP contribution in [0.1, 0.15) is 15.6 Å². The number of hydrogen-bond donors (Lipinski definition) is 1. The summed E-state index contributed by atoms with van der Waals surface area (Å²) in [6.07, 6.45) is 1.53. The molecule has 7 heteroatoms. The molecule has 0 spiro atoms. The molecule has 0 amide bonds. The zero-order chi connectivity index (χ0) is 17.4. The predicted molar refractivity (Wildman–Crippen MR) is 87.7 cm³/mol. The summed E-state index contributed by atoms with van der Waals surface area (Å²) in [4.78, 5) is 1.94. The van der Waals surface area contributed by atoms with Gasteiger partial charge in [0.15, 0.2) is 5.15 Å². The Morgan fingerprint density at radius 3 is 2.74 bits per heavy atom. The van der Waals surface area contributed by atoms with Gasteiger partial charge in [0, 0.05) is 28.4 Å². The van der Waals surface area contributed by atoms with Gasteiger partial charge < -0.3 is 19.7 Å². The number of ether oxygens (including phenoxy) is 2. The Morgan fingerprint density at radius 2 is 2.09 bits per heavy atom. The molecule has 1 aliphatic carbocycles. The summed E-state index contributed by atoms with van der Waals surface area (Å²) < 4.78 is 28.0. The molecule has 2 saturated heterocycles. The molecule has 3 atom stereocenters. The first-order valence-corrected chi connectivity index (χ1v) is 8.60. The Bertz CT molecular complexity index is 586. The minimum absolute atomic E-state index is 0.332. The third kappa shape index (κ3) is 3.76. The zero-order valence-corrected chi connectivity index (χ0v) is 13.7. The fourth-order valence-electron chi connectivity index (χ4n) is 3.89. The smallest absolute Gasteiger partial charge is 0.151 e. The van der Waals surface area contributed by atoms with Gasteiger partial charge in [0.25, 0.3) is 0 Å². The van der Waals surface area contributed by atoms with Crippen molar-refractivity contribution in [3.8, 4) is 0 Å². The quantitative estimate of drug-likeness (QED) is 0.899. The highest BCUT2D eigenvalue weighted by Gasteiger charge is 2.41. The van der Waals surface area contributed by atoms with E-state index in [4.69, 9.17) is 23.8 Å². The first-order chi connectivity index (χ1) is 12.0. The summed E-state index contributed by atoms with van der Waals surface area (Å²) in [7, 11) is 0. The number of likely N-dealkylation sites (tertiary alicyclic amines) is 1. The standard InChI is InChI=1S/C16H23ClN4O2/c17-15-1-2-16(20-19-15)18-13-5-11-7-21(8-12(11)6-13)9-14-10-22-3-4-23-14/h1-2,11-14H,3-10H2,(H,18,20)/t11?,12?,13?,14-/m1/s1/i9D2. The van der Waals surface area contributed by atoms with Crippen molar-refractivity contribution in [2.24, 2.45) is 11.8 Å². The Hall–Kier alpha value is -0.950. The lowest BCUT2D eigenvalue weighted by atomic mass is 10.0. The van der Waals surface area contributed by atoms with E-state index in [1.807, 2.05) is 11.0 Å². The molecular formula is C16H23ClN4O2. The Balaban J connectivity index is 1.33. The molecule has 1 N–H and O–H groups in total. The van der Waals surface area contributed by atoms with Crippen molar-refractivity contribution in [3.05, 3.63) is 17.3 Å². The molecule has 0 aromatic carbocycles. The van der Waals surface area contributed by atoms with E-state index in [-0.39, 0.29) is 0 Å². The van der Waals surface area contributed by atoms with Crippen LogP contribution in [0.5, 0.6) is 0 Å². The molecule has 4 rings (SSSR count). The number of halogens is 1. The first-order valence-electron chi connectivity index (χ1n) is 9.22. The Morgan fingerprint density at radius 1 is 1.26 bits per heavy atom. The highest BCUT2D eigenvalue weighted by Crippen LogP contribution is 2.39. The van der Waals surface area contributed by atoms with Gasteiger partial charge in [0.1, 0.15) is 5.82 Å². The van der Waals surface area contributed by atoms with E-state index in [0.717, 1.165) is 31.7 Å². The molecule has 3 fully saturated rings. The largest absolute Gasteiger partial charge is 0.376 e. The molecule has 3 heterocycles. The van der Waals surface area contributed by atoms with E-state index in [0.29, 0.717) is 42.9 Å². The average Bonchev–Trinajstić information content (AvgIpc) is 3.17. The SMILES string of the molecule is [2H]C([2H])([C@@H]1COCCO1)N1CC2CC(Nc3ccc(Cl)nn3)CC2C1. The minimum atomic E-state index is -1.48. The van der Waals surface area contributed by atoms with Crippen LogP contribution in [0.4, 0.5) is 5.82 Å². The maximum Gasteiger partial charge on any atom is 0.151 e. The summed E-state index contributed by atoms with van der Waals surface area (Å²) in [5, 5.41) is 11.7. The number of fused-ring (bicyclic) bond motifs is 1. The van der Waals surface area contributed by atoms with Gasteiger partial charge in [-0.2, -0.15) is 0 Å². The fraction of sp³-hybridized carbons (Fsp3) is 0.750. The summed E-state index contributed by atoms with van der Waals surface area (Å²) in [6, 6.07) is 3.93. The number of hydrogen-bond acceptors (Lipinski definition) is 6. The van der Waals surface area contributed by atoms with E-state index in [1.54, 1.807) is 6.07 Å². The monoisotopic (exact) mass is 340 g/mol. The molecule has 2 aliphatic heterocycles. The Labute approximate surface area is 144 Å². The highest BCUT2D eigenvalue weighted by atomic mass is 35.5. The summed E-state index contributed by atoms with van der Waals surface area (Å²) in [6.45, 7) is 1.41. The lowest BCUT2D eigenvalue weighted by Crippen LogP contribution is -2.39. The van der Waals surface area contributed by atoms with Crippen LogP contribution < -0.4 is 5.32 Å². The lowest BCUT2D eigenvalue weighted by molar-refractivity contribution is -0.0964. The van der Waals surface area contributed by atoms with Gasteiger partial charge in [-0.3, -0.25) is 0 Å².